The van der Waals surface area contributed by atoms with Crippen LogP contribution in [-0.4, -0.2) is 35.4 Å². The minimum absolute atomic E-state index is 0.122. The number of hydrogen-bond acceptors (Lipinski definition) is 3. The van der Waals surface area contributed by atoms with Gasteiger partial charge in [0.05, 0.1) is 10.0 Å². The molecule has 5 nitrogen and oxygen atoms in total. The first kappa shape index (κ1) is 27.8. The number of halogens is 3. The molecule has 190 valence electrons. The normalized spacial score (nSPS) is 14.9. The van der Waals surface area contributed by atoms with Crippen LogP contribution in [0.3, 0.4) is 0 Å². The van der Waals surface area contributed by atoms with E-state index < -0.39 is 6.04 Å². The van der Waals surface area contributed by atoms with Crippen molar-refractivity contribution in [3.05, 3.63) is 61.5 Å². The molecule has 0 aliphatic heterocycles. The second kappa shape index (κ2) is 13.0. The van der Waals surface area contributed by atoms with Gasteiger partial charge >= 0.3 is 0 Å². The van der Waals surface area contributed by atoms with E-state index in [9.17, 15) is 9.59 Å². The third-order valence-corrected chi connectivity index (χ3v) is 8.44. The number of ether oxygens (including phenoxy) is 1. The molecule has 1 saturated carbocycles. The third kappa shape index (κ3) is 7.61. The molecule has 3 rings (SSSR count). The SMILES string of the molecule is CC[C@@H](C(=O)NC1CCCCC1)N(Cc1ccc(Cl)c(Cl)c1)C(=O)COc1cc(C)c(Br)c(C)c1. The average molecular weight is 584 g/mol. The first-order valence-corrected chi connectivity index (χ1v) is 13.7. The number of hydrogen-bond donors (Lipinski definition) is 1. The fraction of sp³-hybridized carbons (Fsp3) is 0.481. The smallest absolute Gasteiger partial charge is 0.261 e. The molecule has 2 amide bonds. The van der Waals surface area contributed by atoms with E-state index in [-0.39, 0.29) is 31.0 Å². The molecule has 8 heteroatoms. The summed E-state index contributed by atoms with van der Waals surface area (Å²) in [5, 5.41) is 4.04. The summed E-state index contributed by atoms with van der Waals surface area (Å²) in [6.45, 7) is 5.93. The molecule has 0 heterocycles. The van der Waals surface area contributed by atoms with Gasteiger partial charge in [0.15, 0.2) is 6.61 Å². The van der Waals surface area contributed by atoms with Crippen LogP contribution in [0.5, 0.6) is 5.75 Å². The summed E-state index contributed by atoms with van der Waals surface area (Å²) in [6, 6.07) is 8.59. The first-order chi connectivity index (χ1) is 16.7. The van der Waals surface area contributed by atoms with E-state index in [2.05, 4.69) is 21.2 Å². The molecule has 1 aliphatic rings. The van der Waals surface area contributed by atoms with Gasteiger partial charge in [0.25, 0.3) is 5.91 Å². The second-order valence-electron chi connectivity index (χ2n) is 9.20. The number of carbonyl (C=O) groups is 2. The molecule has 35 heavy (non-hydrogen) atoms. The third-order valence-electron chi connectivity index (χ3n) is 6.45. The molecule has 2 aromatic rings. The fourth-order valence-electron chi connectivity index (χ4n) is 4.52. The molecule has 0 aromatic heterocycles. The highest BCUT2D eigenvalue weighted by Gasteiger charge is 2.30. The van der Waals surface area contributed by atoms with Crippen LogP contribution < -0.4 is 10.1 Å². The van der Waals surface area contributed by atoms with Gasteiger partial charge in [-0.25, -0.2) is 0 Å². The Kier molecular flexibility index (Phi) is 10.3. The van der Waals surface area contributed by atoms with Gasteiger partial charge in [-0.15, -0.1) is 0 Å². The standard InChI is InChI=1S/C27H33BrCl2N2O3/c1-4-24(27(34)31-20-8-6-5-7-9-20)32(15-19-10-11-22(29)23(30)14-19)25(33)16-35-21-12-17(2)26(28)18(3)13-21/h10-14,20,24H,4-9,15-16H2,1-3H3,(H,31,34)/t24-/m0/s1. The van der Waals surface area contributed by atoms with Crippen LogP contribution in [0.15, 0.2) is 34.8 Å². The largest absolute Gasteiger partial charge is 0.484 e. The maximum atomic E-state index is 13.5. The van der Waals surface area contributed by atoms with Gasteiger partial charge in [-0.2, -0.15) is 0 Å². The Morgan fingerprint density at radius 1 is 1.09 bits per heavy atom. The van der Waals surface area contributed by atoms with Crippen molar-refractivity contribution >= 4 is 50.9 Å². The second-order valence-corrected chi connectivity index (χ2v) is 10.8. The lowest BCUT2D eigenvalue weighted by atomic mass is 9.95. The van der Waals surface area contributed by atoms with E-state index >= 15 is 0 Å². The van der Waals surface area contributed by atoms with Crippen LogP contribution in [0.25, 0.3) is 0 Å². The zero-order chi connectivity index (χ0) is 25.5. The van der Waals surface area contributed by atoms with E-state index in [1.165, 1.54) is 6.42 Å². The Labute approximate surface area is 226 Å². The average Bonchev–Trinajstić information content (AvgIpc) is 2.83. The van der Waals surface area contributed by atoms with Crippen molar-refractivity contribution in [1.29, 1.82) is 0 Å². The summed E-state index contributed by atoms with van der Waals surface area (Å²) in [5.41, 5.74) is 2.85. The van der Waals surface area contributed by atoms with Gasteiger partial charge in [0.1, 0.15) is 11.8 Å². The van der Waals surface area contributed by atoms with Crippen LogP contribution in [0.1, 0.15) is 62.1 Å². The van der Waals surface area contributed by atoms with Gasteiger partial charge in [-0.1, -0.05) is 71.4 Å². The predicted molar refractivity (Wildman–Crippen MR) is 145 cm³/mol. The molecule has 1 fully saturated rings. The summed E-state index contributed by atoms with van der Waals surface area (Å²) in [6.07, 6.45) is 5.89. The maximum Gasteiger partial charge on any atom is 0.261 e. The lowest BCUT2D eigenvalue weighted by molar-refractivity contribution is -0.143. The summed E-state index contributed by atoms with van der Waals surface area (Å²) in [4.78, 5) is 28.4. The monoisotopic (exact) mass is 582 g/mol. The van der Waals surface area contributed by atoms with E-state index in [1.807, 2.05) is 39.0 Å². The van der Waals surface area contributed by atoms with Crippen molar-refractivity contribution in [2.45, 2.75) is 77.9 Å². The number of carbonyl (C=O) groups excluding carboxylic acids is 2. The molecule has 0 unspecified atom stereocenters. The zero-order valence-corrected chi connectivity index (χ0v) is 23.6. The minimum Gasteiger partial charge on any atom is -0.484 e. The van der Waals surface area contributed by atoms with E-state index in [1.54, 1.807) is 17.0 Å². The summed E-state index contributed by atoms with van der Waals surface area (Å²) in [7, 11) is 0. The Hall–Kier alpha value is -1.76. The number of rotatable bonds is 9. The topological polar surface area (TPSA) is 58.6 Å². The first-order valence-electron chi connectivity index (χ1n) is 12.1. The number of amides is 2. The van der Waals surface area contributed by atoms with Crippen molar-refractivity contribution in [3.63, 3.8) is 0 Å². The quantitative estimate of drug-likeness (QED) is 0.345. The lowest BCUT2D eigenvalue weighted by Crippen LogP contribution is -2.52. The van der Waals surface area contributed by atoms with Gasteiger partial charge in [0, 0.05) is 17.1 Å². The van der Waals surface area contributed by atoms with Gasteiger partial charge in [-0.05, 0) is 74.1 Å². The van der Waals surface area contributed by atoms with Crippen molar-refractivity contribution in [2.75, 3.05) is 6.61 Å². The number of nitrogens with zero attached hydrogens (tertiary/aromatic N) is 1. The highest BCUT2D eigenvalue weighted by molar-refractivity contribution is 9.10. The summed E-state index contributed by atoms with van der Waals surface area (Å²) in [5.74, 6) is 0.230. The lowest BCUT2D eigenvalue weighted by Gasteiger charge is -2.32. The molecule has 0 bridgehead atoms. The minimum atomic E-state index is -0.615. The highest BCUT2D eigenvalue weighted by Crippen LogP contribution is 2.27. The molecule has 1 N–H and O–H groups in total. The number of benzene rings is 2. The molecule has 0 spiro atoms. The summed E-state index contributed by atoms with van der Waals surface area (Å²) >= 11 is 15.9. The van der Waals surface area contributed by atoms with E-state index in [0.29, 0.717) is 22.2 Å². The number of aryl methyl sites for hydroxylation is 2. The zero-order valence-electron chi connectivity index (χ0n) is 20.5. The molecule has 0 radical (unpaired) electrons. The van der Waals surface area contributed by atoms with Crippen molar-refractivity contribution < 1.29 is 14.3 Å². The van der Waals surface area contributed by atoms with E-state index in [4.69, 9.17) is 27.9 Å². The van der Waals surface area contributed by atoms with Crippen LogP contribution in [0, 0.1) is 13.8 Å². The Balaban J connectivity index is 1.80. The molecular formula is C27H33BrCl2N2O3. The van der Waals surface area contributed by atoms with Crippen LogP contribution in [0.2, 0.25) is 10.0 Å². The maximum absolute atomic E-state index is 13.5. The highest BCUT2D eigenvalue weighted by atomic mass is 79.9. The number of nitrogens with one attached hydrogen (secondary N) is 1. The van der Waals surface area contributed by atoms with Gasteiger partial charge in [0.2, 0.25) is 5.91 Å². The molecular weight excluding hydrogens is 551 g/mol. The Morgan fingerprint density at radius 3 is 2.34 bits per heavy atom. The predicted octanol–water partition coefficient (Wildman–Crippen LogP) is 7.01. The van der Waals surface area contributed by atoms with Crippen molar-refractivity contribution in [3.8, 4) is 5.75 Å². The van der Waals surface area contributed by atoms with E-state index in [0.717, 1.165) is 46.8 Å². The van der Waals surface area contributed by atoms with Gasteiger partial charge < -0.3 is 15.0 Å². The molecule has 1 atom stereocenters. The fourth-order valence-corrected chi connectivity index (χ4v) is 5.07. The van der Waals surface area contributed by atoms with Crippen LogP contribution >= 0.6 is 39.1 Å². The molecule has 0 saturated heterocycles. The Morgan fingerprint density at radius 2 is 1.74 bits per heavy atom. The molecule has 2 aromatic carbocycles. The van der Waals surface area contributed by atoms with Crippen LogP contribution in [0.4, 0.5) is 0 Å². The molecule has 1 aliphatic carbocycles. The van der Waals surface area contributed by atoms with Gasteiger partial charge in [-0.3, -0.25) is 9.59 Å². The summed E-state index contributed by atoms with van der Waals surface area (Å²) < 4.78 is 6.90. The van der Waals surface area contributed by atoms with Crippen molar-refractivity contribution in [2.24, 2.45) is 0 Å². The van der Waals surface area contributed by atoms with Crippen LogP contribution in [-0.2, 0) is 16.1 Å². The Bertz CT molecular complexity index is 1030. The van der Waals surface area contributed by atoms with Crippen molar-refractivity contribution in [1.82, 2.24) is 10.2 Å².